The Labute approximate surface area is 122 Å². The van der Waals surface area contributed by atoms with Gasteiger partial charge in [-0.15, -0.1) is 0 Å². The van der Waals surface area contributed by atoms with Crippen LogP contribution in [0.2, 0.25) is 0 Å². The van der Waals surface area contributed by atoms with Gasteiger partial charge in [-0.3, -0.25) is 0 Å². The molecule has 19 heavy (non-hydrogen) atoms. The van der Waals surface area contributed by atoms with Crippen LogP contribution < -0.4 is 10.6 Å². The Kier molecular flexibility index (Phi) is 6.31. The lowest BCUT2D eigenvalue weighted by Gasteiger charge is -2.22. The number of aliphatic hydroxyl groups is 1. The number of urea groups is 1. The largest absolute Gasteiger partial charge is 0.396 e. The van der Waals surface area contributed by atoms with Crippen LogP contribution in [0.4, 0.5) is 4.79 Å². The van der Waals surface area contributed by atoms with Crippen molar-refractivity contribution >= 4 is 22.0 Å². The molecule has 106 valence electrons. The highest BCUT2D eigenvalue weighted by Crippen LogP contribution is 2.22. The molecule has 3 atom stereocenters. The predicted molar refractivity (Wildman–Crippen MR) is 79.9 cm³/mol. The number of rotatable bonds is 5. The van der Waals surface area contributed by atoms with E-state index in [4.69, 9.17) is 5.11 Å². The van der Waals surface area contributed by atoms with Gasteiger partial charge in [0.2, 0.25) is 0 Å². The number of carbonyl (C=O) groups excluding carboxylic acids is 1. The molecule has 0 fully saturated rings. The molecule has 4 nitrogen and oxygen atoms in total. The fourth-order valence-corrected chi connectivity index (χ4v) is 2.28. The van der Waals surface area contributed by atoms with E-state index in [1.54, 1.807) is 0 Å². The van der Waals surface area contributed by atoms with Gasteiger partial charge in [-0.05, 0) is 31.4 Å². The third-order valence-corrected chi connectivity index (χ3v) is 3.94. The third kappa shape index (κ3) is 4.84. The Bertz CT molecular complexity index is 426. The van der Waals surface area contributed by atoms with Crippen LogP contribution in [-0.2, 0) is 0 Å². The number of nitrogens with one attached hydrogen (secondary N) is 2. The van der Waals surface area contributed by atoms with Gasteiger partial charge < -0.3 is 15.7 Å². The van der Waals surface area contributed by atoms with Crippen LogP contribution in [-0.4, -0.2) is 23.8 Å². The highest BCUT2D eigenvalue weighted by atomic mass is 79.9. The Hall–Kier alpha value is -1.07. The molecule has 0 radical (unpaired) electrons. The van der Waals surface area contributed by atoms with E-state index in [0.717, 1.165) is 10.0 Å². The molecule has 0 saturated heterocycles. The summed E-state index contributed by atoms with van der Waals surface area (Å²) in [7, 11) is 0. The van der Waals surface area contributed by atoms with E-state index < -0.39 is 0 Å². The molecule has 0 heterocycles. The summed E-state index contributed by atoms with van der Waals surface area (Å²) < 4.78 is 0.972. The molecule has 1 aromatic carbocycles. The van der Waals surface area contributed by atoms with Crippen molar-refractivity contribution in [2.75, 3.05) is 6.61 Å². The molecule has 0 aliphatic heterocycles. The van der Waals surface area contributed by atoms with Gasteiger partial charge in [0.15, 0.2) is 0 Å². The first-order valence-electron chi connectivity index (χ1n) is 6.38. The van der Waals surface area contributed by atoms with Gasteiger partial charge in [-0.2, -0.15) is 0 Å². The molecule has 5 heteroatoms. The molecular weight excluding hydrogens is 308 g/mol. The van der Waals surface area contributed by atoms with Crippen molar-refractivity contribution in [2.45, 2.75) is 32.9 Å². The third-order valence-electron chi connectivity index (χ3n) is 3.22. The quantitative estimate of drug-likeness (QED) is 0.778. The lowest BCUT2D eigenvalue weighted by Crippen LogP contribution is -2.44. The average molecular weight is 329 g/mol. The van der Waals surface area contributed by atoms with Crippen molar-refractivity contribution < 1.29 is 9.90 Å². The van der Waals surface area contributed by atoms with Gasteiger partial charge in [0.25, 0.3) is 0 Å². The van der Waals surface area contributed by atoms with Gasteiger partial charge >= 0.3 is 6.03 Å². The Morgan fingerprint density at radius 2 is 1.89 bits per heavy atom. The van der Waals surface area contributed by atoms with Gasteiger partial charge in [0.1, 0.15) is 0 Å². The molecule has 0 spiro atoms. The standard InChI is InChI=1S/C14H21BrN2O2/c1-9(8-18)10(2)16-14(19)17-11(3)12-6-4-5-7-13(12)15/h4-7,9-11,18H,8H2,1-3H3,(H2,16,17,19). The molecule has 0 saturated carbocycles. The molecule has 1 rings (SSSR count). The topological polar surface area (TPSA) is 61.4 Å². The maximum Gasteiger partial charge on any atom is 0.315 e. The summed E-state index contributed by atoms with van der Waals surface area (Å²) in [5.41, 5.74) is 1.03. The first-order valence-corrected chi connectivity index (χ1v) is 7.17. The molecule has 0 bridgehead atoms. The fourth-order valence-electron chi connectivity index (χ4n) is 1.65. The summed E-state index contributed by atoms with van der Waals surface area (Å²) in [6, 6.07) is 7.40. The Morgan fingerprint density at radius 3 is 2.47 bits per heavy atom. The van der Waals surface area contributed by atoms with E-state index in [2.05, 4.69) is 26.6 Å². The van der Waals surface area contributed by atoms with E-state index in [1.807, 2.05) is 45.0 Å². The second-order valence-electron chi connectivity index (χ2n) is 4.81. The first-order chi connectivity index (χ1) is 8.95. The monoisotopic (exact) mass is 328 g/mol. The van der Waals surface area contributed by atoms with Gasteiger partial charge in [-0.25, -0.2) is 4.79 Å². The van der Waals surface area contributed by atoms with Crippen molar-refractivity contribution in [1.29, 1.82) is 0 Å². The van der Waals surface area contributed by atoms with Crippen molar-refractivity contribution in [2.24, 2.45) is 5.92 Å². The number of amides is 2. The number of halogens is 1. The van der Waals surface area contributed by atoms with Crippen LogP contribution in [0.5, 0.6) is 0 Å². The Morgan fingerprint density at radius 1 is 1.26 bits per heavy atom. The molecular formula is C14H21BrN2O2. The predicted octanol–water partition coefficient (Wildman–Crippen LogP) is 2.83. The molecule has 0 aromatic heterocycles. The number of aliphatic hydroxyl groups excluding tert-OH is 1. The lowest BCUT2D eigenvalue weighted by molar-refractivity contribution is 0.199. The maximum atomic E-state index is 11.8. The molecule has 0 aliphatic rings. The lowest BCUT2D eigenvalue weighted by atomic mass is 10.1. The number of hydrogen-bond acceptors (Lipinski definition) is 2. The number of hydrogen-bond donors (Lipinski definition) is 3. The Balaban J connectivity index is 2.55. The second kappa shape index (κ2) is 7.50. The SMILES string of the molecule is CC(NC(=O)NC(C)C(C)CO)c1ccccc1Br. The van der Waals surface area contributed by atoms with Crippen molar-refractivity contribution in [3.8, 4) is 0 Å². The van der Waals surface area contributed by atoms with Crippen LogP contribution in [0, 0.1) is 5.92 Å². The van der Waals surface area contributed by atoms with E-state index in [0.29, 0.717) is 0 Å². The van der Waals surface area contributed by atoms with Crippen molar-refractivity contribution in [3.63, 3.8) is 0 Å². The van der Waals surface area contributed by atoms with Crippen LogP contribution in [0.25, 0.3) is 0 Å². The van der Waals surface area contributed by atoms with Crippen LogP contribution in [0.3, 0.4) is 0 Å². The second-order valence-corrected chi connectivity index (χ2v) is 5.66. The summed E-state index contributed by atoms with van der Waals surface area (Å²) in [4.78, 5) is 11.8. The van der Waals surface area contributed by atoms with Gasteiger partial charge in [-0.1, -0.05) is 41.1 Å². The zero-order valence-electron chi connectivity index (χ0n) is 11.5. The smallest absolute Gasteiger partial charge is 0.315 e. The molecule has 2 amide bonds. The van der Waals surface area contributed by atoms with Crippen LogP contribution >= 0.6 is 15.9 Å². The summed E-state index contributed by atoms with van der Waals surface area (Å²) in [5.74, 6) is 0.0320. The normalized spacial score (nSPS) is 15.4. The van der Waals surface area contributed by atoms with E-state index in [1.165, 1.54) is 0 Å². The summed E-state index contributed by atoms with van der Waals surface area (Å²) >= 11 is 3.47. The molecule has 1 aromatic rings. The van der Waals surface area contributed by atoms with Crippen LogP contribution in [0.1, 0.15) is 32.4 Å². The molecule has 3 unspecified atom stereocenters. The minimum atomic E-state index is -0.226. The number of carbonyl (C=O) groups is 1. The minimum absolute atomic E-state index is 0.0320. The number of benzene rings is 1. The van der Waals surface area contributed by atoms with Gasteiger partial charge in [0, 0.05) is 17.1 Å². The minimum Gasteiger partial charge on any atom is -0.396 e. The van der Waals surface area contributed by atoms with E-state index in [9.17, 15) is 4.79 Å². The van der Waals surface area contributed by atoms with Crippen molar-refractivity contribution in [3.05, 3.63) is 34.3 Å². The first kappa shape index (κ1) is 16.0. The zero-order valence-corrected chi connectivity index (χ0v) is 13.1. The molecule has 0 aliphatic carbocycles. The molecule has 3 N–H and O–H groups in total. The summed E-state index contributed by atoms with van der Waals surface area (Å²) in [6.07, 6.45) is 0. The highest BCUT2D eigenvalue weighted by Gasteiger charge is 2.16. The summed E-state index contributed by atoms with van der Waals surface area (Å²) in [5, 5.41) is 14.7. The summed E-state index contributed by atoms with van der Waals surface area (Å²) in [6.45, 7) is 5.76. The van der Waals surface area contributed by atoms with Crippen LogP contribution in [0.15, 0.2) is 28.7 Å². The van der Waals surface area contributed by atoms with E-state index in [-0.39, 0.29) is 30.6 Å². The van der Waals surface area contributed by atoms with Crippen molar-refractivity contribution in [1.82, 2.24) is 10.6 Å². The average Bonchev–Trinajstić information content (AvgIpc) is 2.37. The maximum absolute atomic E-state index is 11.8. The zero-order chi connectivity index (χ0) is 14.4. The van der Waals surface area contributed by atoms with E-state index >= 15 is 0 Å². The van der Waals surface area contributed by atoms with Gasteiger partial charge in [0.05, 0.1) is 6.04 Å². The fraction of sp³-hybridized carbons (Fsp3) is 0.500. The highest BCUT2D eigenvalue weighted by molar-refractivity contribution is 9.10.